The predicted octanol–water partition coefficient (Wildman–Crippen LogP) is 1.67. The lowest BCUT2D eigenvalue weighted by Gasteiger charge is -2.25. The highest BCUT2D eigenvalue weighted by Crippen LogP contribution is 2.16. The van der Waals surface area contributed by atoms with Crippen molar-refractivity contribution in [2.75, 3.05) is 27.2 Å². The molecule has 0 radical (unpaired) electrons. The van der Waals surface area contributed by atoms with Crippen molar-refractivity contribution in [3.8, 4) is 0 Å². The van der Waals surface area contributed by atoms with Gasteiger partial charge in [-0.2, -0.15) is 0 Å². The monoisotopic (exact) mass is 355 g/mol. The van der Waals surface area contributed by atoms with E-state index in [4.69, 9.17) is 0 Å². The first-order valence-electron chi connectivity index (χ1n) is 8.00. The molecule has 0 heterocycles. The molecular formula is C17H29N3O3S. The first kappa shape index (κ1) is 20.6. The minimum absolute atomic E-state index is 0.0404. The molecule has 7 heteroatoms. The lowest BCUT2D eigenvalue weighted by atomic mass is 10.1. The number of likely N-dealkylation sites (N-methyl/N-ethyl adjacent to an activating group) is 1. The Hall–Kier alpha value is -1.44. The summed E-state index contributed by atoms with van der Waals surface area (Å²) in [6.45, 7) is 9.29. The highest BCUT2D eigenvalue weighted by atomic mass is 32.2. The molecule has 0 atom stereocenters. The van der Waals surface area contributed by atoms with Crippen molar-refractivity contribution in [1.29, 1.82) is 0 Å². The molecule has 1 aromatic rings. The molecule has 0 saturated heterocycles. The summed E-state index contributed by atoms with van der Waals surface area (Å²) in [5.74, 6) is -0.0404. The Morgan fingerprint density at radius 2 is 1.83 bits per heavy atom. The van der Waals surface area contributed by atoms with Crippen LogP contribution < -0.4 is 5.32 Å². The van der Waals surface area contributed by atoms with Crippen LogP contribution in [0, 0.1) is 0 Å². The lowest BCUT2D eigenvalue weighted by Crippen LogP contribution is -2.45. The Labute approximate surface area is 145 Å². The first-order chi connectivity index (χ1) is 11.0. The molecule has 136 valence electrons. The molecule has 0 bridgehead atoms. The predicted molar refractivity (Wildman–Crippen MR) is 96.2 cm³/mol. The topological polar surface area (TPSA) is 69.7 Å². The van der Waals surface area contributed by atoms with Crippen molar-refractivity contribution in [2.45, 2.75) is 44.7 Å². The van der Waals surface area contributed by atoms with E-state index in [2.05, 4.69) is 5.32 Å². The molecule has 1 amide bonds. The van der Waals surface area contributed by atoms with Gasteiger partial charge in [-0.05, 0) is 45.0 Å². The highest BCUT2D eigenvalue weighted by Gasteiger charge is 2.19. The van der Waals surface area contributed by atoms with E-state index in [1.54, 1.807) is 18.2 Å². The molecule has 0 aromatic heterocycles. The van der Waals surface area contributed by atoms with E-state index in [-0.39, 0.29) is 22.9 Å². The van der Waals surface area contributed by atoms with Gasteiger partial charge in [-0.25, -0.2) is 12.7 Å². The molecule has 0 saturated carbocycles. The fraction of sp³-hybridized carbons (Fsp3) is 0.588. The van der Waals surface area contributed by atoms with E-state index >= 15 is 0 Å². The summed E-state index contributed by atoms with van der Waals surface area (Å²) >= 11 is 0. The maximum atomic E-state index is 12.2. The summed E-state index contributed by atoms with van der Waals surface area (Å²) in [5.41, 5.74) is 0.597. The molecule has 0 unspecified atom stereocenters. The standard InChI is InChI=1S/C17H29N3O3S/c1-7-20(13-16(21)18-17(2,3)4)12-14-9-8-10-15(11-14)24(22,23)19(5)6/h8-11H,7,12-13H2,1-6H3,(H,18,21). The van der Waals surface area contributed by atoms with Crippen LogP contribution in [0.4, 0.5) is 0 Å². The zero-order valence-corrected chi connectivity index (χ0v) is 16.3. The van der Waals surface area contributed by atoms with Crippen LogP contribution in [0.2, 0.25) is 0 Å². The Balaban J connectivity index is 2.85. The number of amides is 1. The van der Waals surface area contributed by atoms with Crippen LogP contribution in [0.1, 0.15) is 33.3 Å². The maximum Gasteiger partial charge on any atom is 0.242 e. The third-order valence-corrected chi connectivity index (χ3v) is 5.22. The van der Waals surface area contributed by atoms with Crippen molar-refractivity contribution >= 4 is 15.9 Å². The lowest BCUT2D eigenvalue weighted by molar-refractivity contribution is -0.123. The van der Waals surface area contributed by atoms with E-state index in [0.29, 0.717) is 13.1 Å². The molecule has 0 aliphatic carbocycles. The van der Waals surface area contributed by atoms with Gasteiger partial charge in [0.1, 0.15) is 0 Å². The molecule has 6 nitrogen and oxygen atoms in total. The van der Waals surface area contributed by atoms with Gasteiger partial charge in [0.15, 0.2) is 0 Å². The van der Waals surface area contributed by atoms with E-state index in [1.807, 2.05) is 38.7 Å². The largest absolute Gasteiger partial charge is 0.350 e. The Morgan fingerprint density at radius 1 is 1.21 bits per heavy atom. The van der Waals surface area contributed by atoms with Crippen LogP contribution in [-0.4, -0.2) is 56.3 Å². The van der Waals surface area contributed by atoms with Crippen molar-refractivity contribution in [3.63, 3.8) is 0 Å². The fourth-order valence-corrected chi connectivity index (χ4v) is 3.19. The zero-order chi connectivity index (χ0) is 18.5. The summed E-state index contributed by atoms with van der Waals surface area (Å²) < 4.78 is 25.6. The quantitative estimate of drug-likeness (QED) is 0.808. The number of nitrogens with zero attached hydrogens (tertiary/aromatic N) is 2. The summed E-state index contributed by atoms with van der Waals surface area (Å²) in [4.78, 5) is 14.3. The number of rotatable bonds is 7. The second-order valence-corrected chi connectivity index (χ2v) is 9.19. The Kier molecular flexibility index (Phi) is 6.95. The zero-order valence-electron chi connectivity index (χ0n) is 15.5. The summed E-state index contributed by atoms with van der Waals surface area (Å²) in [6, 6.07) is 6.86. The van der Waals surface area contributed by atoms with Crippen molar-refractivity contribution in [1.82, 2.24) is 14.5 Å². The molecule has 0 aliphatic rings. The minimum Gasteiger partial charge on any atom is -0.350 e. The van der Waals surface area contributed by atoms with E-state index in [0.717, 1.165) is 5.56 Å². The number of carbonyl (C=O) groups is 1. The SMILES string of the molecule is CCN(CC(=O)NC(C)(C)C)Cc1cccc(S(=O)(=O)N(C)C)c1. The maximum absolute atomic E-state index is 12.2. The normalized spacial score (nSPS) is 12.7. The number of hydrogen-bond donors (Lipinski definition) is 1. The van der Waals surface area contributed by atoms with Crippen LogP contribution in [-0.2, 0) is 21.4 Å². The van der Waals surface area contributed by atoms with Gasteiger partial charge in [0.05, 0.1) is 11.4 Å². The van der Waals surface area contributed by atoms with Gasteiger partial charge in [0, 0.05) is 26.2 Å². The number of sulfonamides is 1. The van der Waals surface area contributed by atoms with Crippen LogP contribution in [0.15, 0.2) is 29.2 Å². The van der Waals surface area contributed by atoms with Crippen LogP contribution in [0.5, 0.6) is 0 Å². The number of benzene rings is 1. The van der Waals surface area contributed by atoms with Gasteiger partial charge < -0.3 is 5.32 Å². The van der Waals surface area contributed by atoms with Gasteiger partial charge >= 0.3 is 0 Å². The van der Waals surface area contributed by atoms with Gasteiger partial charge in [-0.15, -0.1) is 0 Å². The fourth-order valence-electron chi connectivity index (χ4n) is 2.21. The highest BCUT2D eigenvalue weighted by molar-refractivity contribution is 7.89. The molecular weight excluding hydrogens is 326 g/mol. The summed E-state index contributed by atoms with van der Waals surface area (Å²) in [5, 5.41) is 2.94. The van der Waals surface area contributed by atoms with Gasteiger partial charge in [0.25, 0.3) is 0 Å². The van der Waals surface area contributed by atoms with Gasteiger partial charge in [0.2, 0.25) is 15.9 Å². The first-order valence-corrected chi connectivity index (χ1v) is 9.44. The van der Waals surface area contributed by atoms with Crippen molar-refractivity contribution in [3.05, 3.63) is 29.8 Å². The second-order valence-electron chi connectivity index (χ2n) is 7.04. The average molecular weight is 356 g/mol. The van der Waals surface area contributed by atoms with Gasteiger partial charge in [-0.3, -0.25) is 9.69 Å². The molecule has 0 fully saturated rings. The smallest absolute Gasteiger partial charge is 0.242 e. The third-order valence-electron chi connectivity index (χ3n) is 3.41. The van der Waals surface area contributed by atoms with E-state index in [1.165, 1.54) is 18.4 Å². The molecule has 1 N–H and O–H groups in total. The van der Waals surface area contributed by atoms with Crippen molar-refractivity contribution < 1.29 is 13.2 Å². The second kappa shape index (κ2) is 8.09. The molecule has 1 aromatic carbocycles. The molecule has 0 aliphatic heterocycles. The summed E-state index contributed by atoms with van der Waals surface area (Å²) in [6.07, 6.45) is 0. The minimum atomic E-state index is -3.45. The molecule has 24 heavy (non-hydrogen) atoms. The molecule has 1 rings (SSSR count). The summed E-state index contributed by atoms with van der Waals surface area (Å²) in [7, 11) is -0.431. The van der Waals surface area contributed by atoms with Crippen LogP contribution >= 0.6 is 0 Å². The van der Waals surface area contributed by atoms with Crippen LogP contribution in [0.25, 0.3) is 0 Å². The number of carbonyl (C=O) groups excluding carboxylic acids is 1. The average Bonchev–Trinajstić information content (AvgIpc) is 2.44. The van der Waals surface area contributed by atoms with Crippen LogP contribution in [0.3, 0.4) is 0 Å². The Morgan fingerprint density at radius 3 is 2.33 bits per heavy atom. The van der Waals surface area contributed by atoms with E-state index in [9.17, 15) is 13.2 Å². The Bertz CT molecular complexity index is 664. The number of hydrogen-bond acceptors (Lipinski definition) is 4. The third kappa shape index (κ3) is 6.22. The van der Waals surface area contributed by atoms with Gasteiger partial charge in [-0.1, -0.05) is 19.1 Å². The molecule has 0 spiro atoms. The number of nitrogens with one attached hydrogen (secondary N) is 1. The van der Waals surface area contributed by atoms with Crippen molar-refractivity contribution in [2.24, 2.45) is 0 Å². The van der Waals surface area contributed by atoms with E-state index < -0.39 is 10.0 Å².